The Balaban J connectivity index is 1.79. The molecule has 1 saturated heterocycles. The van der Waals surface area contributed by atoms with Gasteiger partial charge in [-0.1, -0.05) is 48.3 Å². The molecule has 0 unspecified atom stereocenters. The molecule has 2 heterocycles. The Bertz CT molecular complexity index is 2140. The summed E-state index contributed by atoms with van der Waals surface area (Å²) in [5.74, 6) is -3.30. The molecule has 0 atom stereocenters. The molecular formula is C32H34N4O4. The van der Waals surface area contributed by atoms with Crippen molar-refractivity contribution in [2.75, 3.05) is 64.1 Å². The fourth-order valence-electron chi connectivity index (χ4n) is 4.27. The number of amides is 2. The van der Waals surface area contributed by atoms with Crippen molar-refractivity contribution in [1.82, 2.24) is 9.80 Å². The number of nitrogens with zero attached hydrogens (tertiary/aromatic N) is 3. The summed E-state index contributed by atoms with van der Waals surface area (Å²) in [6.07, 6.45) is -0.909. The van der Waals surface area contributed by atoms with Gasteiger partial charge < -0.3 is 19.9 Å². The van der Waals surface area contributed by atoms with Crippen LogP contribution in [0.4, 0.5) is 11.4 Å². The van der Waals surface area contributed by atoms with Crippen molar-refractivity contribution >= 4 is 40.3 Å². The van der Waals surface area contributed by atoms with Gasteiger partial charge in [-0.05, 0) is 54.3 Å². The van der Waals surface area contributed by atoms with Crippen LogP contribution in [0, 0.1) is 0 Å². The maximum Gasteiger partial charge on any atom is 0.337 e. The number of methoxy groups -OCH3 is 1. The number of rotatable bonds is 7. The lowest BCUT2D eigenvalue weighted by atomic mass is 9.90. The van der Waals surface area contributed by atoms with Gasteiger partial charge in [0.1, 0.15) is 0 Å². The summed E-state index contributed by atoms with van der Waals surface area (Å²) in [6.45, 7) is -1.65. The molecule has 8 nitrogen and oxygen atoms in total. The lowest BCUT2D eigenvalue weighted by Gasteiger charge is -2.32. The van der Waals surface area contributed by atoms with Gasteiger partial charge in [-0.15, -0.1) is 0 Å². The summed E-state index contributed by atoms with van der Waals surface area (Å²) in [6, 6.07) is -10.3. The maximum atomic E-state index is 13.8. The van der Waals surface area contributed by atoms with Crippen molar-refractivity contribution in [2.24, 2.45) is 0 Å². The van der Waals surface area contributed by atoms with Crippen LogP contribution in [-0.4, -0.2) is 81.4 Å². The van der Waals surface area contributed by atoms with E-state index in [1.165, 1.54) is 0 Å². The van der Waals surface area contributed by atoms with E-state index in [0.717, 1.165) is 7.11 Å². The van der Waals surface area contributed by atoms with Gasteiger partial charge in [0.2, 0.25) is 5.91 Å². The molecule has 3 aromatic rings. The summed E-state index contributed by atoms with van der Waals surface area (Å²) in [7, 11) is 2.85. The number of ether oxygens (including phenoxy) is 1. The predicted molar refractivity (Wildman–Crippen MR) is 157 cm³/mol. The molecular weight excluding hydrogens is 504 g/mol. The molecule has 0 spiro atoms. The van der Waals surface area contributed by atoms with Gasteiger partial charge in [0.05, 0.1) is 41.2 Å². The monoisotopic (exact) mass is 553 g/mol. The van der Waals surface area contributed by atoms with Gasteiger partial charge in [0, 0.05) is 54.2 Å². The first-order valence-electron chi connectivity index (χ1n) is 19.7. The molecule has 2 amide bonds. The minimum Gasteiger partial charge on any atom is -0.465 e. The molecule has 0 bridgehead atoms. The highest BCUT2D eigenvalue weighted by Crippen LogP contribution is 2.39. The second-order valence-electron chi connectivity index (χ2n) is 9.11. The van der Waals surface area contributed by atoms with Crippen LogP contribution in [-0.2, 0) is 20.7 Å². The average Bonchev–Trinajstić information content (AvgIpc) is 3.48. The van der Waals surface area contributed by atoms with E-state index in [1.54, 1.807) is 4.90 Å². The number of nitrogens with one attached hydrogen (secondary N) is 1. The molecule has 0 saturated carbocycles. The summed E-state index contributed by atoms with van der Waals surface area (Å²) in [5.41, 5.74) is -4.82. The number of hydrogen-bond acceptors (Lipinski definition) is 6. The first kappa shape index (κ1) is 14.4. The zero-order valence-corrected chi connectivity index (χ0v) is 21.7. The van der Waals surface area contributed by atoms with E-state index in [9.17, 15) is 14.4 Å². The number of carbonyl (C=O) groups excluding carboxylic acids is 3. The molecule has 1 fully saturated rings. The fourth-order valence-corrected chi connectivity index (χ4v) is 4.27. The van der Waals surface area contributed by atoms with Gasteiger partial charge in [-0.25, -0.2) is 4.79 Å². The highest BCUT2D eigenvalue weighted by molar-refractivity contribution is 6.37. The third-order valence-electron chi connectivity index (χ3n) is 6.47. The zero-order chi connectivity index (χ0) is 41.2. The molecule has 1 N–H and O–H groups in total. The number of hydrogen-bond donors (Lipinski definition) is 1. The Kier molecular flexibility index (Phi) is 4.26. The van der Waals surface area contributed by atoms with Crippen LogP contribution < -0.4 is 10.2 Å². The topological polar surface area (TPSA) is 82.2 Å². The normalized spacial score (nSPS) is 22.4. The van der Waals surface area contributed by atoms with Crippen molar-refractivity contribution in [2.45, 2.75) is 6.42 Å². The van der Waals surface area contributed by atoms with Crippen molar-refractivity contribution in [3.63, 3.8) is 0 Å². The second-order valence-corrected chi connectivity index (χ2v) is 9.11. The van der Waals surface area contributed by atoms with E-state index in [0.29, 0.717) is 26.2 Å². The lowest BCUT2D eigenvalue weighted by Crippen LogP contribution is -2.48. The third kappa shape index (κ3) is 5.83. The van der Waals surface area contributed by atoms with Crippen molar-refractivity contribution in [3.8, 4) is 0 Å². The first-order valence-corrected chi connectivity index (χ1v) is 12.2. The molecule has 2 aliphatic heterocycles. The Morgan fingerprint density at radius 2 is 1.73 bits per heavy atom. The highest BCUT2D eigenvalue weighted by Gasteiger charge is 2.29. The third-order valence-corrected chi connectivity index (χ3v) is 6.47. The molecule has 5 rings (SSSR count). The molecule has 40 heavy (non-hydrogen) atoms. The van der Waals surface area contributed by atoms with Crippen LogP contribution in [0.15, 0.2) is 72.5 Å². The smallest absolute Gasteiger partial charge is 0.337 e. The van der Waals surface area contributed by atoms with Gasteiger partial charge in [0.25, 0.3) is 5.91 Å². The summed E-state index contributed by atoms with van der Waals surface area (Å²) >= 11 is 0. The van der Waals surface area contributed by atoms with Crippen LogP contribution in [0.1, 0.15) is 47.6 Å². The molecule has 0 aliphatic carbocycles. The minimum atomic E-state index is -3.27. The van der Waals surface area contributed by atoms with Crippen molar-refractivity contribution < 1.29 is 39.7 Å². The Morgan fingerprint density at radius 3 is 2.40 bits per heavy atom. The Labute approximate surface area is 255 Å². The Hall–Kier alpha value is -4.27. The van der Waals surface area contributed by atoms with Crippen LogP contribution >= 0.6 is 0 Å². The number of fused-ring (bicyclic) bond motifs is 1. The number of esters is 1. The number of anilines is 2. The number of piperazine rings is 1. The van der Waals surface area contributed by atoms with Gasteiger partial charge >= 0.3 is 5.97 Å². The number of benzene rings is 3. The van der Waals surface area contributed by atoms with Crippen molar-refractivity contribution in [1.29, 1.82) is 0 Å². The second kappa shape index (κ2) is 11.9. The molecule has 0 radical (unpaired) electrons. The first-order chi connectivity index (χ1) is 25.6. The zero-order valence-electron chi connectivity index (χ0n) is 36.7. The summed E-state index contributed by atoms with van der Waals surface area (Å²) < 4.78 is 133. The van der Waals surface area contributed by atoms with E-state index >= 15 is 0 Å². The van der Waals surface area contributed by atoms with E-state index in [2.05, 4.69) is 10.1 Å². The SMILES string of the molecule is [2H]c1c([2H])c([2H])c(/C(Cc2c([2H])c([2H])c(N(C(=O)CN3CCN(C)CC3)C([2H])([2H])[2H])c([2H])c2[2H])=C2/C(=O)Nc3c([2H])c(C(=O)OC)c([2H])c([2H])c32)c([2H])c1[2H]. The predicted octanol–water partition coefficient (Wildman–Crippen LogP) is 3.79. The number of allylic oxidation sites excluding steroid dienone is 1. The highest BCUT2D eigenvalue weighted by atomic mass is 16.5. The van der Waals surface area contributed by atoms with E-state index in [-0.39, 0.29) is 4.90 Å². The van der Waals surface area contributed by atoms with Crippen LogP contribution in [0.3, 0.4) is 0 Å². The molecule has 0 aromatic heterocycles. The Morgan fingerprint density at radius 1 is 1.00 bits per heavy atom. The minimum absolute atomic E-state index is 0.224. The van der Waals surface area contributed by atoms with E-state index in [4.69, 9.17) is 20.6 Å². The lowest BCUT2D eigenvalue weighted by molar-refractivity contribution is -0.119. The molecule has 2 aliphatic rings. The van der Waals surface area contributed by atoms with Gasteiger partial charge in [0.15, 0.2) is 0 Å². The molecule has 8 heteroatoms. The number of carbonyl (C=O) groups is 3. The largest absolute Gasteiger partial charge is 0.465 e. The van der Waals surface area contributed by atoms with Gasteiger partial charge in [-0.3, -0.25) is 14.5 Å². The van der Waals surface area contributed by atoms with Crippen LogP contribution in [0.25, 0.3) is 11.1 Å². The standard InChI is InChI=1S/C32H34N4O4/c1-34-15-17-36(18-16-34)21-29(37)35(2)25-12-9-22(10-13-25)19-27(23-7-5-4-6-8-23)30-26-14-11-24(32(39)40-3)20-28(26)33-31(30)38/h4-14,20H,15-19,21H2,1-3H3,(H,33,38)/b30-27+/i2D3,4D,5D,6D,7D,8D,9D,10D,11D,12D,13D,14D,20D. The summed E-state index contributed by atoms with van der Waals surface area (Å²) in [5, 5.41) is 2.33. The average molecular weight is 554 g/mol. The fraction of sp³-hybridized carbons (Fsp3) is 0.281. The summed E-state index contributed by atoms with van der Waals surface area (Å²) in [4.78, 5) is 43.8. The van der Waals surface area contributed by atoms with Gasteiger partial charge in [-0.2, -0.15) is 0 Å². The maximum absolute atomic E-state index is 13.8. The molecule has 206 valence electrons. The van der Waals surface area contributed by atoms with Crippen LogP contribution in [0.2, 0.25) is 0 Å². The van der Waals surface area contributed by atoms with Crippen LogP contribution in [0.5, 0.6) is 0 Å². The van der Waals surface area contributed by atoms with Crippen molar-refractivity contribution in [3.05, 3.63) is 94.8 Å². The number of likely N-dealkylation sites (N-methyl/N-ethyl adjacent to an activating group) is 2. The van der Waals surface area contributed by atoms with E-state index < -0.39 is 155 Å². The van der Waals surface area contributed by atoms with E-state index in [1.807, 2.05) is 11.9 Å². The quantitative estimate of drug-likeness (QED) is 0.354. The molecule has 3 aromatic carbocycles.